The zero-order chi connectivity index (χ0) is 27.9. The maximum absolute atomic E-state index is 14.5. The van der Waals surface area contributed by atoms with Crippen LogP contribution in [0.2, 0.25) is 5.02 Å². The molecule has 1 amide bonds. The number of aromatic nitrogens is 5. The molecule has 5 aromatic rings. The van der Waals surface area contributed by atoms with Gasteiger partial charge in [-0.3, -0.25) is 9.48 Å². The van der Waals surface area contributed by atoms with E-state index >= 15 is 0 Å². The Morgan fingerprint density at radius 3 is 2.33 bits per heavy atom. The van der Waals surface area contributed by atoms with E-state index in [-0.39, 0.29) is 21.5 Å². The summed E-state index contributed by atoms with van der Waals surface area (Å²) in [5.41, 5.74) is -1.58. The molecule has 7 nitrogen and oxygen atoms in total. The molecule has 0 radical (unpaired) electrons. The molecule has 0 saturated carbocycles. The highest BCUT2D eigenvalue weighted by Gasteiger charge is 2.60. The molecule has 0 aliphatic heterocycles. The summed E-state index contributed by atoms with van der Waals surface area (Å²) in [6.07, 6.45) is -3.14. The molecule has 14 heteroatoms. The van der Waals surface area contributed by atoms with Crippen molar-refractivity contribution in [2.24, 2.45) is 0 Å². The number of alkyl halides is 5. The van der Waals surface area contributed by atoms with Gasteiger partial charge in [-0.2, -0.15) is 32.1 Å². The van der Waals surface area contributed by atoms with Crippen molar-refractivity contribution in [3.05, 3.63) is 101 Å². The maximum atomic E-state index is 14.5. The van der Waals surface area contributed by atoms with E-state index in [2.05, 4.69) is 20.5 Å². The fraction of sp³-hybridized carbons (Fsp3) is 0.120. The van der Waals surface area contributed by atoms with Crippen molar-refractivity contribution in [3.63, 3.8) is 0 Å². The van der Waals surface area contributed by atoms with Crippen molar-refractivity contribution < 1.29 is 31.1 Å². The number of rotatable bonds is 6. The predicted octanol–water partition coefficient (Wildman–Crippen LogP) is 6.34. The summed E-state index contributed by atoms with van der Waals surface area (Å²) in [6.45, 7) is 0.355. The zero-order valence-electron chi connectivity index (χ0n) is 19.4. The van der Waals surface area contributed by atoms with Crippen LogP contribution in [0.3, 0.4) is 0 Å². The molecule has 2 aromatic carbocycles. The van der Waals surface area contributed by atoms with Crippen molar-refractivity contribution in [2.75, 3.05) is 5.32 Å². The van der Waals surface area contributed by atoms with Crippen molar-refractivity contribution in [2.45, 2.75) is 18.6 Å². The van der Waals surface area contributed by atoms with E-state index < -0.39 is 40.9 Å². The third-order valence-corrected chi connectivity index (χ3v) is 5.88. The minimum atomic E-state index is -5.96. The fourth-order valence-electron chi connectivity index (χ4n) is 3.71. The Hall–Kier alpha value is -4.39. The molecule has 0 atom stereocenters. The summed E-state index contributed by atoms with van der Waals surface area (Å²) in [6, 6.07) is 12.8. The van der Waals surface area contributed by atoms with E-state index in [0.29, 0.717) is 17.6 Å². The second kappa shape index (κ2) is 9.73. The first-order valence-electron chi connectivity index (χ1n) is 11.1. The van der Waals surface area contributed by atoms with Crippen LogP contribution in [0.15, 0.2) is 73.1 Å². The highest BCUT2D eigenvalue weighted by atomic mass is 35.5. The molecule has 5 rings (SSSR count). The third-order valence-electron chi connectivity index (χ3n) is 5.63. The lowest BCUT2D eigenvalue weighted by atomic mass is 10.1. The van der Waals surface area contributed by atoms with Gasteiger partial charge in [0.15, 0.2) is 11.3 Å². The number of benzene rings is 2. The molecule has 0 saturated heterocycles. The molecule has 0 bridgehead atoms. The maximum Gasteiger partial charge on any atom is 0.459 e. The number of fused-ring (bicyclic) bond motifs is 1. The topological polar surface area (TPSA) is 77.1 Å². The summed E-state index contributed by atoms with van der Waals surface area (Å²) in [4.78, 5) is 16.9. The highest BCUT2D eigenvalue weighted by molar-refractivity contribution is 6.30. The highest BCUT2D eigenvalue weighted by Crippen LogP contribution is 2.44. The number of nitrogens with one attached hydrogen (secondary N) is 1. The summed E-state index contributed by atoms with van der Waals surface area (Å²) >= 11 is 5.87. The molecule has 0 aliphatic carbocycles. The van der Waals surface area contributed by atoms with E-state index in [1.165, 1.54) is 29.2 Å². The van der Waals surface area contributed by atoms with E-state index in [1.807, 2.05) is 0 Å². The minimum absolute atomic E-state index is 0.0819. The summed E-state index contributed by atoms with van der Waals surface area (Å²) in [5, 5.41) is 10.9. The molecule has 39 heavy (non-hydrogen) atoms. The number of carbonyl (C=O) groups excluding carboxylic acids is 1. The lowest BCUT2D eigenvalue weighted by Crippen LogP contribution is -2.36. The lowest BCUT2D eigenvalue weighted by molar-refractivity contribution is -0.291. The molecule has 3 heterocycles. The van der Waals surface area contributed by atoms with Crippen LogP contribution in [0, 0.1) is 5.82 Å². The molecule has 0 fully saturated rings. The van der Waals surface area contributed by atoms with E-state index in [0.717, 1.165) is 23.8 Å². The van der Waals surface area contributed by atoms with Gasteiger partial charge in [-0.1, -0.05) is 23.7 Å². The number of carbonyl (C=O) groups is 1. The Bertz CT molecular complexity index is 1660. The van der Waals surface area contributed by atoms with E-state index in [1.54, 1.807) is 24.3 Å². The van der Waals surface area contributed by atoms with Crippen LogP contribution in [0.4, 0.5) is 32.0 Å². The Labute approximate surface area is 220 Å². The Morgan fingerprint density at radius 2 is 1.67 bits per heavy atom. The monoisotopic (exact) mass is 564 g/mol. The van der Waals surface area contributed by atoms with Gasteiger partial charge in [-0.15, -0.1) is 0 Å². The van der Waals surface area contributed by atoms with Gasteiger partial charge < -0.3 is 5.32 Å². The number of halogens is 7. The molecule has 200 valence electrons. The number of nitrogens with zero attached hydrogens (tertiary/aromatic N) is 5. The van der Waals surface area contributed by atoms with Crippen molar-refractivity contribution in [1.29, 1.82) is 0 Å². The predicted molar refractivity (Wildman–Crippen MR) is 129 cm³/mol. The van der Waals surface area contributed by atoms with Crippen molar-refractivity contribution in [3.8, 4) is 11.3 Å². The second-order valence-electron chi connectivity index (χ2n) is 8.41. The van der Waals surface area contributed by atoms with Gasteiger partial charge in [0.1, 0.15) is 11.5 Å². The molecule has 0 unspecified atom stereocenters. The first kappa shape index (κ1) is 26.2. The minimum Gasteiger partial charge on any atom is -0.318 e. The largest absolute Gasteiger partial charge is 0.459 e. The first-order valence-corrected chi connectivity index (χ1v) is 11.5. The van der Waals surface area contributed by atoms with Gasteiger partial charge in [-0.25, -0.2) is 13.9 Å². The summed E-state index contributed by atoms with van der Waals surface area (Å²) in [5.74, 6) is -6.87. The molecular weight excluding hydrogens is 550 g/mol. The van der Waals surface area contributed by atoms with Crippen LogP contribution in [-0.2, 0) is 12.5 Å². The van der Waals surface area contributed by atoms with Crippen molar-refractivity contribution >= 4 is 28.8 Å². The van der Waals surface area contributed by atoms with Gasteiger partial charge in [0.05, 0.1) is 24.1 Å². The average molecular weight is 565 g/mol. The molecule has 0 spiro atoms. The quantitative estimate of drug-likeness (QED) is 0.244. The van der Waals surface area contributed by atoms with Gasteiger partial charge in [0.25, 0.3) is 5.91 Å². The molecule has 0 aliphatic rings. The smallest absolute Gasteiger partial charge is 0.318 e. The lowest BCUT2D eigenvalue weighted by Gasteiger charge is -2.21. The third kappa shape index (κ3) is 5.30. The van der Waals surface area contributed by atoms with E-state index in [9.17, 15) is 31.1 Å². The van der Waals surface area contributed by atoms with Gasteiger partial charge in [0.2, 0.25) is 0 Å². The van der Waals surface area contributed by atoms with Gasteiger partial charge in [0, 0.05) is 22.8 Å². The molecular formula is C25H15ClF6N6O. The number of hydrogen-bond donors (Lipinski definition) is 1. The first-order chi connectivity index (χ1) is 18.4. The normalized spacial score (nSPS) is 12.2. The Kier molecular flexibility index (Phi) is 6.54. The van der Waals surface area contributed by atoms with Crippen LogP contribution in [0.5, 0.6) is 0 Å². The Balaban J connectivity index is 1.47. The van der Waals surface area contributed by atoms with Crippen LogP contribution in [-0.4, -0.2) is 36.5 Å². The summed E-state index contributed by atoms with van der Waals surface area (Å²) < 4.78 is 84.1. The zero-order valence-corrected chi connectivity index (χ0v) is 20.2. The number of anilines is 1. The average Bonchev–Trinajstić information content (AvgIpc) is 3.51. The van der Waals surface area contributed by atoms with Crippen LogP contribution >= 0.6 is 11.6 Å². The second-order valence-corrected chi connectivity index (χ2v) is 8.85. The summed E-state index contributed by atoms with van der Waals surface area (Å²) in [7, 11) is 0. The van der Waals surface area contributed by atoms with Crippen LogP contribution < -0.4 is 5.32 Å². The van der Waals surface area contributed by atoms with Gasteiger partial charge >= 0.3 is 12.1 Å². The van der Waals surface area contributed by atoms with Crippen LogP contribution in [0.1, 0.15) is 21.7 Å². The fourth-order valence-corrected chi connectivity index (χ4v) is 3.84. The standard InChI is InChI=1S/C25H15ClF6N6O/c26-16-5-1-14(2-6-16)12-37-13-18(11-33-37)34-23(39)20-10-22-35-19(15-3-7-17(27)8-4-15)9-21(38(22)36-20)24(28,29)25(30,31)32/h1-11,13H,12H2,(H,34,39). The van der Waals surface area contributed by atoms with Gasteiger partial charge in [-0.05, 0) is 48.0 Å². The number of amides is 1. The number of hydrogen-bond acceptors (Lipinski definition) is 4. The SMILES string of the molecule is O=C(Nc1cnn(Cc2ccc(Cl)cc2)c1)c1cc2nc(-c3ccc(F)cc3)cc(C(F)(F)C(F)(F)F)n2n1. The molecule has 3 aromatic heterocycles. The van der Waals surface area contributed by atoms with E-state index in [4.69, 9.17) is 11.6 Å². The Morgan fingerprint density at radius 1 is 0.974 bits per heavy atom. The van der Waals surface area contributed by atoms with Crippen LogP contribution in [0.25, 0.3) is 16.9 Å². The van der Waals surface area contributed by atoms with Crippen molar-refractivity contribution in [1.82, 2.24) is 24.4 Å². The molecule has 1 N–H and O–H groups in total.